The molecule has 2 aliphatic rings. The lowest BCUT2D eigenvalue weighted by atomic mass is 9.90. The third-order valence-corrected chi connectivity index (χ3v) is 3.39. The van der Waals surface area contributed by atoms with Gasteiger partial charge >= 0.3 is 5.97 Å². The number of hydrogen-bond acceptors (Lipinski definition) is 4. The number of esters is 1. The summed E-state index contributed by atoms with van der Waals surface area (Å²) in [4.78, 5) is 12.1. The third-order valence-electron chi connectivity index (χ3n) is 3.39. The highest BCUT2D eigenvalue weighted by atomic mass is 16.6. The normalized spacial score (nSPS) is 38.5. The SMILES string of the molecule is CC(C)(C)OC(=O)C1NC[C@H]2CC[C@]1(C)N2. The van der Waals surface area contributed by atoms with Crippen LogP contribution in [0.3, 0.4) is 0 Å². The summed E-state index contributed by atoms with van der Waals surface area (Å²) in [6, 6.07) is 0.300. The molecule has 2 heterocycles. The number of piperazine rings is 1. The minimum Gasteiger partial charge on any atom is -0.459 e. The summed E-state index contributed by atoms with van der Waals surface area (Å²) >= 11 is 0. The summed E-state index contributed by atoms with van der Waals surface area (Å²) in [5.41, 5.74) is -0.546. The van der Waals surface area contributed by atoms with Gasteiger partial charge in [-0.3, -0.25) is 4.79 Å². The fourth-order valence-corrected chi connectivity index (χ4v) is 2.66. The van der Waals surface area contributed by atoms with Crippen LogP contribution in [0, 0.1) is 0 Å². The van der Waals surface area contributed by atoms with Gasteiger partial charge in [-0.25, -0.2) is 0 Å². The van der Waals surface area contributed by atoms with Crippen molar-refractivity contribution in [1.82, 2.24) is 10.6 Å². The Labute approximate surface area is 97.1 Å². The van der Waals surface area contributed by atoms with Gasteiger partial charge in [-0.2, -0.15) is 0 Å². The predicted molar refractivity (Wildman–Crippen MR) is 62.2 cm³/mol. The van der Waals surface area contributed by atoms with E-state index in [-0.39, 0.29) is 17.6 Å². The van der Waals surface area contributed by atoms with Crippen molar-refractivity contribution < 1.29 is 9.53 Å². The molecule has 0 amide bonds. The van der Waals surface area contributed by atoms with E-state index >= 15 is 0 Å². The molecule has 2 rings (SSSR count). The van der Waals surface area contributed by atoms with Gasteiger partial charge < -0.3 is 15.4 Å². The van der Waals surface area contributed by atoms with Crippen molar-refractivity contribution >= 4 is 5.97 Å². The van der Waals surface area contributed by atoms with Gasteiger partial charge in [0.2, 0.25) is 0 Å². The van der Waals surface area contributed by atoms with Crippen molar-refractivity contribution in [3.05, 3.63) is 0 Å². The maximum Gasteiger partial charge on any atom is 0.325 e. The van der Waals surface area contributed by atoms with Crippen LogP contribution in [0.5, 0.6) is 0 Å². The minimum absolute atomic E-state index is 0.134. The summed E-state index contributed by atoms with van der Waals surface area (Å²) in [6.07, 6.45) is 2.18. The molecule has 2 saturated heterocycles. The maximum absolute atomic E-state index is 12.1. The molecule has 92 valence electrons. The zero-order valence-electron chi connectivity index (χ0n) is 10.6. The van der Waals surface area contributed by atoms with Crippen LogP contribution in [-0.4, -0.2) is 35.7 Å². The Bertz CT molecular complexity index is 298. The van der Waals surface area contributed by atoms with Crippen LogP contribution in [0.1, 0.15) is 40.5 Å². The molecule has 0 aromatic rings. The van der Waals surface area contributed by atoms with Crippen LogP contribution in [0.4, 0.5) is 0 Å². The molecule has 0 radical (unpaired) electrons. The van der Waals surface area contributed by atoms with Crippen molar-refractivity contribution in [2.45, 2.75) is 63.8 Å². The zero-order chi connectivity index (χ0) is 12.0. The van der Waals surface area contributed by atoms with Gasteiger partial charge in [0.1, 0.15) is 11.6 Å². The van der Waals surface area contributed by atoms with Gasteiger partial charge in [0.15, 0.2) is 0 Å². The summed E-state index contributed by atoms with van der Waals surface area (Å²) in [5, 5.41) is 6.83. The molecule has 1 unspecified atom stereocenters. The molecule has 16 heavy (non-hydrogen) atoms. The highest BCUT2D eigenvalue weighted by Crippen LogP contribution is 2.31. The summed E-state index contributed by atoms with van der Waals surface area (Å²) in [7, 11) is 0. The lowest BCUT2D eigenvalue weighted by Crippen LogP contribution is -2.66. The Morgan fingerprint density at radius 1 is 1.44 bits per heavy atom. The summed E-state index contributed by atoms with van der Waals surface area (Å²) < 4.78 is 5.45. The number of fused-ring (bicyclic) bond motifs is 2. The Balaban J connectivity index is 2.06. The molecule has 2 fully saturated rings. The number of carbonyl (C=O) groups is 1. The van der Waals surface area contributed by atoms with Gasteiger partial charge in [0.25, 0.3) is 0 Å². The van der Waals surface area contributed by atoms with Crippen LogP contribution in [0.2, 0.25) is 0 Å². The molecule has 2 bridgehead atoms. The average Bonchev–Trinajstić information content (AvgIpc) is 2.39. The highest BCUT2D eigenvalue weighted by molar-refractivity contribution is 5.78. The van der Waals surface area contributed by atoms with E-state index in [4.69, 9.17) is 4.74 Å². The first-order valence-electron chi connectivity index (χ1n) is 6.04. The Morgan fingerprint density at radius 2 is 2.12 bits per heavy atom. The molecule has 2 aliphatic heterocycles. The number of carbonyl (C=O) groups excluding carboxylic acids is 1. The molecule has 4 heteroatoms. The molecule has 0 aromatic carbocycles. The summed E-state index contributed by atoms with van der Waals surface area (Å²) in [6.45, 7) is 8.68. The smallest absolute Gasteiger partial charge is 0.325 e. The van der Waals surface area contributed by atoms with Crippen molar-refractivity contribution in [2.24, 2.45) is 0 Å². The standard InChI is InChI=1S/C12H22N2O2/c1-11(2,3)16-10(15)9-12(4)6-5-8(14-12)7-13-9/h8-9,13-14H,5-7H2,1-4H3/t8-,9?,12+/m1/s1. The number of rotatable bonds is 1. The van der Waals surface area contributed by atoms with E-state index < -0.39 is 5.60 Å². The lowest BCUT2D eigenvalue weighted by Gasteiger charge is -2.39. The van der Waals surface area contributed by atoms with Gasteiger partial charge in [-0.15, -0.1) is 0 Å². The van der Waals surface area contributed by atoms with E-state index in [1.165, 1.54) is 0 Å². The molecule has 2 N–H and O–H groups in total. The highest BCUT2D eigenvalue weighted by Gasteiger charge is 2.49. The number of nitrogens with one attached hydrogen (secondary N) is 2. The second-order valence-electron chi connectivity index (χ2n) is 6.17. The van der Waals surface area contributed by atoms with Crippen LogP contribution in [0.25, 0.3) is 0 Å². The van der Waals surface area contributed by atoms with Gasteiger partial charge in [0, 0.05) is 18.1 Å². The van der Waals surface area contributed by atoms with Crippen molar-refractivity contribution in [1.29, 1.82) is 0 Å². The lowest BCUT2D eigenvalue weighted by molar-refractivity contribution is -0.160. The predicted octanol–water partition coefficient (Wildman–Crippen LogP) is 0.811. The van der Waals surface area contributed by atoms with Crippen LogP contribution < -0.4 is 10.6 Å². The van der Waals surface area contributed by atoms with Crippen LogP contribution in [0.15, 0.2) is 0 Å². The van der Waals surface area contributed by atoms with Crippen molar-refractivity contribution in [3.8, 4) is 0 Å². The van der Waals surface area contributed by atoms with E-state index in [2.05, 4.69) is 17.6 Å². The van der Waals surface area contributed by atoms with Gasteiger partial charge in [0.05, 0.1) is 0 Å². The molecular weight excluding hydrogens is 204 g/mol. The zero-order valence-corrected chi connectivity index (χ0v) is 10.6. The van der Waals surface area contributed by atoms with E-state index in [1.54, 1.807) is 0 Å². The van der Waals surface area contributed by atoms with Crippen LogP contribution in [-0.2, 0) is 9.53 Å². The first-order valence-corrected chi connectivity index (χ1v) is 6.04. The third kappa shape index (κ3) is 2.23. The molecule has 3 atom stereocenters. The molecule has 0 aromatic heterocycles. The second kappa shape index (κ2) is 3.70. The van der Waals surface area contributed by atoms with Gasteiger partial charge in [-0.1, -0.05) is 0 Å². The first kappa shape index (κ1) is 11.9. The van der Waals surface area contributed by atoms with E-state index in [0.717, 1.165) is 19.4 Å². The van der Waals surface area contributed by atoms with Crippen molar-refractivity contribution in [3.63, 3.8) is 0 Å². The van der Waals surface area contributed by atoms with E-state index in [0.29, 0.717) is 6.04 Å². The minimum atomic E-state index is -0.412. The fraction of sp³-hybridized carbons (Fsp3) is 0.917. The maximum atomic E-state index is 12.1. The van der Waals surface area contributed by atoms with E-state index in [1.807, 2.05) is 20.8 Å². The molecule has 4 nitrogen and oxygen atoms in total. The van der Waals surface area contributed by atoms with Crippen LogP contribution >= 0.6 is 0 Å². The molecular formula is C12H22N2O2. The van der Waals surface area contributed by atoms with Crippen molar-refractivity contribution in [2.75, 3.05) is 6.54 Å². The molecule has 0 aliphatic carbocycles. The Kier molecular flexibility index (Phi) is 2.75. The summed E-state index contributed by atoms with van der Waals surface area (Å²) in [5.74, 6) is -0.136. The average molecular weight is 226 g/mol. The monoisotopic (exact) mass is 226 g/mol. The first-order chi connectivity index (χ1) is 7.30. The molecule has 0 spiro atoms. The number of ether oxygens (including phenoxy) is 1. The quantitative estimate of drug-likeness (QED) is 0.650. The van der Waals surface area contributed by atoms with E-state index in [9.17, 15) is 4.79 Å². The molecule has 0 saturated carbocycles. The topological polar surface area (TPSA) is 50.4 Å². The number of hydrogen-bond donors (Lipinski definition) is 2. The Morgan fingerprint density at radius 3 is 2.75 bits per heavy atom. The van der Waals surface area contributed by atoms with Gasteiger partial charge in [-0.05, 0) is 40.5 Å². The largest absolute Gasteiger partial charge is 0.459 e. The second-order valence-corrected chi connectivity index (χ2v) is 6.17. The fourth-order valence-electron chi connectivity index (χ4n) is 2.66. The Hall–Kier alpha value is -0.610.